The fraction of sp³-hybridized carbons (Fsp3) is 1.00. The second-order valence-corrected chi connectivity index (χ2v) is 6.42. The Bertz CT molecular complexity index is 294. The summed E-state index contributed by atoms with van der Waals surface area (Å²) in [7, 11) is -1.60. The molecule has 1 N–H and O–H groups in total. The second-order valence-electron chi connectivity index (χ2n) is 4.23. The van der Waals surface area contributed by atoms with E-state index in [2.05, 4.69) is 4.72 Å². The number of hydrogen-bond acceptors (Lipinski definition) is 3. The Morgan fingerprint density at radius 1 is 1.44 bits per heavy atom. The summed E-state index contributed by atoms with van der Waals surface area (Å²) in [6.07, 6.45) is 3.52. The summed E-state index contributed by atoms with van der Waals surface area (Å²) < 4.78 is 31.0. The van der Waals surface area contributed by atoms with Gasteiger partial charge in [0.2, 0.25) is 10.0 Å². The van der Waals surface area contributed by atoms with Gasteiger partial charge in [-0.2, -0.15) is 0 Å². The van der Waals surface area contributed by atoms with Crippen molar-refractivity contribution in [2.45, 2.75) is 31.7 Å². The van der Waals surface area contributed by atoms with E-state index in [1.807, 2.05) is 0 Å². The number of alkyl halides is 1. The van der Waals surface area contributed by atoms with Gasteiger partial charge in [0.05, 0.1) is 5.75 Å². The minimum Gasteiger partial charge on any atom is -0.385 e. The summed E-state index contributed by atoms with van der Waals surface area (Å²) in [6.45, 7) is 0.477. The van der Waals surface area contributed by atoms with E-state index in [4.69, 9.17) is 16.3 Å². The monoisotopic (exact) mass is 269 g/mol. The molecule has 0 radical (unpaired) electrons. The lowest BCUT2D eigenvalue weighted by molar-refractivity contribution is 0.199. The van der Waals surface area contributed by atoms with Gasteiger partial charge in [-0.05, 0) is 25.2 Å². The summed E-state index contributed by atoms with van der Waals surface area (Å²) in [4.78, 5) is 0. The van der Waals surface area contributed by atoms with Gasteiger partial charge >= 0.3 is 0 Å². The molecule has 0 bridgehead atoms. The van der Waals surface area contributed by atoms with Crippen molar-refractivity contribution in [1.29, 1.82) is 0 Å². The number of methoxy groups -OCH3 is 1. The Labute approximate surface area is 103 Å². The van der Waals surface area contributed by atoms with Crippen molar-refractivity contribution in [3.8, 4) is 0 Å². The maximum Gasteiger partial charge on any atom is 0.211 e. The zero-order valence-corrected chi connectivity index (χ0v) is 11.2. The highest BCUT2D eigenvalue weighted by molar-refractivity contribution is 7.89. The van der Waals surface area contributed by atoms with Gasteiger partial charge in [0.25, 0.3) is 0 Å². The summed E-state index contributed by atoms with van der Waals surface area (Å²) in [6, 6.07) is 0.0324. The molecule has 0 amide bonds. The first kappa shape index (κ1) is 14.2. The molecule has 6 heteroatoms. The molecule has 1 aliphatic rings. The number of ether oxygens (including phenoxy) is 1. The molecular weight excluding hydrogens is 250 g/mol. The van der Waals surface area contributed by atoms with E-state index >= 15 is 0 Å². The highest BCUT2D eigenvalue weighted by Crippen LogP contribution is 2.27. The van der Waals surface area contributed by atoms with Crippen LogP contribution in [0.4, 0.5) is 0 Å². The SMILES string of the molecule is COCCCS(=O)(=O)NC1CCCC1CCl. The predicted molar refractivity (Wildman–Crippen MR) is 65.3 cm³/mol. The molecule has 0 aliphatic heterocycles. The molecular formula is C10H20ClNO3S. The molecule has 2 unspecified atom stereocenters. The van der Waals surface area contributed by atoms with Gasteiger partial charge in [-0.15, -0.1) is 11.6 Å². The van der Waals surface area contributed by atoms with Gasteiger partial charge in [0.1, 0.15) is 0 Å². The van der Waals surface area contributed by atoms with Crippen LogP contribution in [0.1, 0.15) is 25.7 Å². The highest BCUT2D eigenvalue weighted by Gasteiger charge is 2.29. The molecule has 2 atom stereocenters. The first-order valence-electron chi connectivity index (χ1n) is 5.64. The Morgan fingerprint density at radius 3 is 2.81 bits per heavy atom. The van der Waals surface area contributed by atoms with Gasteiger partial charge in [-0.1, -0.05) is 6.42 Å². The summed E-state index contributed by atoms with van der Waals surface area (Å²) in [5.41, 5.74) is 0. The van der Waals surface area contributed by atoms with Crippen molar-refractivity contribution < 1.29 is 13.2 Å². The first-order valence-corrected chi connectivity index (χ1v) is 7.82. The maximum absolute atomic E-state index is 11.7. The Hall–Kier alpha value is 0.160. The molecule has 0 saturated heterocycles. The van der Waals surface area contributed by atoms with Crippen LogP contribution in [0.5, 0.6) is 0 Å². The van der Waals surface area contributed by atoms with Gasteiger partial charge in [0, 0.05) is 25.6 Å². The molecule has 1 aliphatic carbocycles. The standard InChI is InChI=1S/C10H20ClNO3S/c1-15-6-3-7-16(13,14)12-10-5-2-4-9(10)8-11/h9-10,12H,2-8H2,1H3. The molecule has 96 valence electrons. The number of sulfonamides is 1. The predicted octanol–water partition coefficient (Wildman–Crippen LogP) is 1.35. The average molecular weight is 270 g/mol. The van der Waals surface area contributed by atoms with Gasteiger partial charge in [-0.3, -0.25) is 0 Å². The van der Waals surface area contributed by atoms with Crippen molar-refractivity contribution in [3.63, 3.8) is 0 Å². The third-order valence-corrected chi connectivity index (χ3v) is 4.83. The average Bonchev–Trinajstić information content (AvgIpc) is 2.64. The molecule has 0 aromatic rings. The minimum atomic E-state index is -3.17. The Kier molecular flexibility index (Phi) is 6.03. The van der Waals surface area contributed by atoms with E-state index in [1.54, 1.807) is 7.11 Å². The molecule has 1 saturated carbocycles. The van der Waals surface area contributed by atoms with Crippen molar-refractivity contribution in [2.24, 2.45) is 5.92 Å². The number of rotatable bonds is 7. The molecule has 0 aromatic heterocycles. The minimum absolute atomic E-state index is 0.0324. The Balaban J connectivity index is 2.39. The van der Waals surface area contributed by atoms with Crippen LogP contribution in [0, 0.1) is 5.92 Å². The largest absolute Gasteiger partial charge is 0.385 e. The fourth-order valence-corrected chi connectivity index (χ4v) is 3.82. The number of halogens is 1. The van der Waals surface area contributed by atoms with E-state index in [9.17, 15) is 8.42 Å². The van der Waals surface area contributed by atoms with E-state index in [0.29, 0.717) is 24.8 Å². The van der Waals surface area contributed by atoms with Crippen LogP contribution < -0.4 is 4.72 Å². The lowest BCUT2D eigenvalue weighted by Gasteiger charge is -2.18. The third-order valence-electron chi connectivity index (χ3n) is 2.95. The van der Waals surface area contributed by atoms with Crippen LogP contribution in [0.2, 0.25) is 0 Å². The Morgan fingerprint density at radius 2 is 2.19 bits per heavy atom. The topological polar surface area (TPSA) is 55.4 Å². The fourth-order valence-electron chi connectivity index (χ4n) is 2.06. The third kappa shape index (κ3) is 4.57. The molecule has 0 spiro atoms. The molecule has 16 heavy (non-hydrogen) atoms. The van der Waals surface area contributed by atoms with Crippen LogP contribution >= 0.6 is 11.6 Å². The van der Waals surface area contributed by atoms with Crippen molar-refractivity contribution in [2.75, 3.05) is 25.3 Å². The van der Waals surface area contributed by atoms with Gasteiger partial charge in [0.15, 0.2) is 0 Å². The zero-order valence-electron chi connectivity index (χ0n) is 9.62. The number of hydrogen-bond donors (Lipinski definition) is 1. The smallest absolute Gasteiger partial charge is 0.211 e. The second kappa shape index (κ2) is 6.79. The zero-order chi connectivity index (χ0) is 12.0. The van der Waals surface area contributed by atoms with E-state index in [1.165, 1.54) is 0 Å². The van der Waals surface area contributed by atoms with E-state index < -0.39 is 10.0 Å². The van der Waals surface area contributed by atoms with Crippen LogP contribution in [0.3, 0.4) is 0 Å². The summed E-state index contributed by atoms with van der Waals surface area (Å²) in [5.74, 6) is 0.955. The summed E-state index contributed by atoms with van der Waals surface area (Å²) >= 11 is 5.80. The quantitative estimate of drug-likeness (QED) is 0.561. The van der Waals surface area contributed by atoms with Crippen LogP contribution in [0.25, 0.3) is 0 Å². The van der Waals surface area contributed by atoms with E-state index in [-0.39, 0.29) is 11.8 Å². The normalized spacial score (nSPS) is 26.1. The molecule has 1 fully saturated rings. The maximum atomic E-state index is 11.7. The van der Waals surface area contributed by atoms with Crippen molar-refractivity contribution in [3.05, 3.63) is 0 Å². The van der Waals surface area contributed by atoms with Crippen molar-refractivity contribution in [1.82, 2.24) is 4.72 Å². The lowest BCUT2D eigenvalue weighted by atomic mass is 10.1. The number of nitrogens with one attached hydrogen (secondary N) is 1. The van der Waals surface area contributed by atoms with Crippen LogP contribution in [-0.4, -0.2) is 39.8 Å². The van der Waals surface area contributed by atoms with Gasteiger partial charge in [-0.25, -0.2) is 13.1 Å². The molecule has 0 heterocycles. The molecule has 1 rings (SSSR count). The lowest BCUT2D eigenvalue weighted by Crippen LogP contribution is -2.39. The van der Waals surface area contributed by atoms with Gasteiger partial charge < -0.3 is 4.74 Å². The van der Waals surface area contributed by atoms with Crippen molar-refractivity contribution >= 4 is 21.6 Å². The first-order chi connectivity index (χ1) is 7.59. The highest BCUT2D eigenvalue weighted by atomic mass is 35.5. The molecule has 4 nitrogen and oxygen atoms in total. The van der Waals surface area contributed by atoms with E-state index in [0.717, 1.165) is 19.3 Å². The van der Waals surface area contributed by atoms with Crippen LogP contribution in [-0.2, 0) is 14.8 Å². The summed E-state index contributed by atoms with van der Waals surface area (Å²) in [5, 5.41) is 0. The van der Waals surface area contributed by atoms with Crippen LogP contribution in [0.15, 0.2) is 0 Å². The molecule has 0 aromatic carbocycles.